The lowest BCUT2D eigenvalue weighted by atomic mass is 10.2. The van der Waals surface area contributed by atoms with Gasteiger partial charge in [0.1, 0.15) is 11.6 Å². The van der Waals surface area contributed by atoms with E-state index in [4.69, 9.17) is 5.26 Å². The van der Waals surface area contributed by atoms with Gasteiger partial charge in [-0.3, -0.25) is 0 Å². The number of hydrogen-bond acceptors (Lipinski definition) is 5. The average Bonchev–Trinajstić information content (AvgIpc) is 2.90. The second kappa shape index (κ2) is 5.53. The van der Waals surface area contributed by atoms with Crippen LogP contribution in [-0.4, -0.2) is 20.6 Å². The van der Waals surface area contributed by atoms with Crippen LogP contribution in [0.3, 0.4) is 0 Å². The number of benzene rings is 1. The second-order valence-corrected chi connectivity index (χ2v) is 4.15. The first kappa shape index (κ1) is 13.1. The third kappa shape index (κ3) is 2.92. The number of allylic oxidation sites excluding steroid dienone is 1. The number of anilines is 1. The van der Waals surface area contributed by atoms with E-state index in [9.17, 15) is 8.78 Å². The van der Waals surface area contributed by atoms with Gasteiger partial charge in [-0.2, -0.15) is 10.5 Å². The zero-order chi connectivity index (χ0) is 13.8. The average molecular weight is 327 g/mol. The lowest BCUT2D eigenvalue weighted by Crippen LogP contribution is -1.96. The fourth-order valence-electron chi connectivity index (χ4n) is 1.21. The van der Waals surface area contributed by atoms with Crippen molar-refractivity contribution >= 4 is 27.2 Å². The van der Waals surface area contributed by atoms with Crippen molar-refractivity contribution in [1.29, 1.82) is 5.26 Å². The van der Waals surface area contributed by atoms with E-state index >= 15 is 0 Å². The van der Waals surface area contributed by atoms with Crippen molar-refractivity contribution in [2.24, 2.45) is 0 Å². The van der Waals surface area contributed by atoms with Gasteiger partial charge < -0.3 is 5.32 Å². The van der Waals surface area contributed by atoms with Gasteiger partial charge in [-0.15, -0.1) is 10.2 Å². The first-order chi connectivity index (χ1) is 9.11. The van der Waals surface area contributed by atoms with E-state index in [-0.39, 0.29) is 17.1 Å². The van der Waals surface area contributed by atoms with Crippen LogP contribution < -0.4 is 5.32 Å². The fraction of sp³-hybridized carbons (Fsp3) is 0. The molecule has 0 saturated carbocycles. The van der Waals surface area contributed by atoms with Crippen LogP contribution in [-0.2, 0) is 0 Å². The molecule has 0 atom stereocenters. The number of nitrogens with zero attached hydrogens (tertiary/aromatic N) is 4. The Morgan fingerprint density at radius 3 is 2.79 bits per heavy atom. The molecule has 0 fully saturated rings. The zero-order valence-corrected chi connectivity index (χ0v) is 10.7. The van der Waals surface area contributed by atoms with Gasteiger partial charge >= 0.3 is 0 Å². The number of aromatic amines is 1. The Labute approximate surface area is 114 Å². The van der Waals surface area contributed by atoms with Gasteiger partial charge in [-0.05, 0) is 27.2 Å². The van der Waals surface area contributed by atoms with E-state index < -0.39 is 11.6 Å². The van der Waals surface area contributed by atoms with Crippen molar-refractivity contribution in [2.45, 2.75) is 0 Å². The van der Waals surface area contributed by atoms with E-state index in [1.165, 1.54) is 6.20 Å². The Morgan fingerprint density at radius 2 is 2.16 bits per heavy atom. The first-order valence-corrected chi connectivity index (χ1v) is 5.66. The summed E-state index contributed by atoms with van der Waals surface area (Å²) in [4.78, 5) is 0. The zero-order valence-electron chi connectivity index (χ0n) is 9.15. The quantitative estimate of drug-likeness (QED) is 0.666. The molecule has 1 aromatic carbocycles. The summed E-state index contributed by atoms with van der Waals surface area (Å²) in [5.74, 6) is -1.88. The topological polar surface area (TPSA) is 90.3 Å². The summed E-state index contributed by atoms with van der Waals surface area (Å²) in [7, 11) is 0. The minimum atomic E-state index is -1.00. The first-order valence-electron chi connectivity index (χ1n) is 4.87. The summed E-state index contributed by atoms with van der Waals surface area (Å²) in [5.41, 5.74) is 0.348. The molecule has 0 aliphatic heterocycles. The molecule has 2 aromatic rings. The molecule has 0 aliphatic rings. The van der Waals surface area contributed by atoms with E-state index in [1.807, 2.05) is 6.07 Å². The molecular formula is C10H5BrF2N6. The minimum Gasteiger partial charge on any atom is -0.359 e. The van der Waals surface area contributed by atoms with Crippen LogP contribution in [0, 0.1) is 23.0 Å². The monoisotopic (exact) mass is 326 g/mol. The normalized spacial score (nSPS) is 11.2. The number of H-pyrrole nitrogens is 1. The number of tetrazole rings is 1. The lowest BCUT2D eigenvalue weighted by Gasteiger charge is -2.05. The Balaban J connectivity index is 2.27. The number of nitrogens with one attached hydrogen (secondary N) is 2. The molecule has 0 amide bonds. The molecule has 0 unspecified atom stereocenters. The number of halogens is 3. The van der Waals surface area contributed by atoms with Crippen LogP contribution in [0.5, 0.6) is 0 Å². The SMILES string of the molecule is N#CC(=CNc1cc(F)c(F)cc1Br)c1nn[nH]n1. The van der Waals surface area contributed by atoms with E-state index in [1.54, 1.807) is 0 Å². The van der Waals surface area contributed by atoms with Crippen molar-refractivity contribution < 1.29 is 8.78 Å². The van der Waals surface area contributed by atoms with Crippen molar-refractivity contribution in [3.05, 3.63) is 40.3 Å². The van der Waals surface area contributed by atoms with Gasteiger partial charge in [-0.1, -0.05) is 0 Å². The highest BCUT2D eigenvalue weighted by Gasteiger charge is 2.09. The molecule has 19 heavy (non-hydrogen) atoms. The van der Waals surface area contributed by atoms with Gasteiger partial charge in [-0.25, -0.2) is 8.78 Å². The van der Waals surface area contributed by atoms with Crippen LogP contribution in [0.2, 0.25) is 0 Å². The molecule has 0 bridgehead atoms. The van der Waals surface area contributed by atoms with Gasteiger partial charge in [0.2, 0.25) is 5.82 Å². The smallest absolute Gasteiger partial charge is 0.216 e. The molecule has 1 aromatic heterocycles. The summed E-state index contributed by atoms with van der Waals surface area (Å²) in [5, 5.41) is 24.4. The van der Waals surface area contributed by atoms with Gasteiger partial charge in [0.15, 0.2) is 11.6 Å². The number of hydrogen-bond donors (Lipinski definition) is 2. The Bertz CT molecular complexity index is 661. The summed E-state index contributed by atoms with van der Waals surface area (Å²) in [6.45, 7) is 0. The maximum atomic E-state index is 13.1. The van der Waals surface area contributed by atoms with Crippen LogP contribution >= 0.6 is 15.9 Å². The van der Waals surface area contributed by atoms with Crippen LogP contribution in [0.4, 0.5) is 14.5 Å². The van der Waals surface area contributed by atoms with Gasteiger partial charge in [0, 0.05) is 16.7 Å². The molecule has 96 valence electrons. The Morgan fingerprint density at radius 1 is 1.42 bits per heavy atom. The Kier molecular flexibility index (Phi) is 3.82. The molecular weight excluding hydrogens is 322 g/mol. The maximum absolute atomic E-state index is 13.1. The van der Waals surface area contributed by atoms with Crippen molar-refractivity contribution in [3.8, 4) is 6.07 Å². The van der Waals surface area contributed by atoms with E-state index in [2.05, 4.69) is 41.9 Å². The Hall–Kier alpha value is -2.34. The number of rotatable bonds is 3. The van der Waals surface area contributed by atoms with Crippen molar-refractivity contribution in [3.63, 3.8) is 0 Å². The predicted octanol–water partition coefficient (Wildman–Crippen LogP) is 2.22. The largest absolute Gasteiger partial charge is 0.359 e. The standard InChI is InChI=1S/C10H5BrF2N6/c11-6-1-7(12)8(13)2-9(6)15-4-5(3-14)10-16-18-19-17-10/h1-2,4,15H,(H,16,17,18,19). The molecule has 2 rings (SSSR count). The third-order valence-corrected chi connectivity index (χ3v) is 2.74. The highest BCUT2D eigenvalue weighted by atomic mass is 79.9. The second-order valence-electron chi connectivity index (χ2n) is 3.30. The summed E-state index contributed by atoms with van der Waals surface area (Å²) in [6, 6.07) is 3.79. The summed E-state index contributed by atoms with van der Waals surface area (Å²) in [6.07, 6.45) is 1.27. The lowest BCUT2D eigenvalue weighted by molar-refractivity contribution is 0.508. The third-order valence-electron chi connectivity index (χ3n) is 2.09. The van der Waals surface area contributed by atoms with Crippen LogP contribution in [0.25, 0.3) is 5.57 Å². The highest BCUT2D eigenvalue weighted by molar-refractivity contribution is 9.10. The van der Waals surface area contributed by atoms with Crippen molar-refractivity contribution in [1.82, 2.24) is 20.6 Å². The number of aromatic nitrogens is 4. The van der Waals surface area contributed by atoms with Crippen LogP contribution in [0.15, 0.2) is 22.8 Å². The van der Waals surface area contributed by atoms with Gasteiger partial charge in [0.25, 0.3) is 0 Å². The fourth-order valence-corrected chi connectivity index (χ4v) is 1.64. The molecule has 0 aliphatic carbocycles. The van der Waals surface area contributed by atoms with Crippen molar-refractivity contribution in [2.75, 3.05) is 5.32 Å². The molecule has 2 N–H and O–H groups in total. The summed E-state index contributed by atoms with van der Waals surface area (Å²) < 4.78 is 26.3. The van der Waals surface area contributed by atoms with E-state index in [0.29, 0.717) is 4.47 Å². The molecule has 0 spiro atoms. The predicted molar refractivity (Wildman–Crippen MR) is 65.4 cm³/mol. The molecule has 6 nitrogen and oxygen atoms in total. The van der Waals surface area contributed by atoms with E-state index in [0.717, 1.165) is 12.1 Å². The molecule has 0 radical (unpaired) electrons. The minimum absolute atomic E-state index is 0.0883. The number of nitriles is 1. The maximum Gasteiger partial charge on any atom is 0.216 e. The molecule has 1 heterocycles. The molecule has 0 saturated heterocycles. The van der Waals surface area contributed by atoms with Gasteiger partial charge in [0.05, 0.1) is 5.69 Å². The molecule has 9 heteroatoms. The highest BCUT2D eigenvalue weighted by Crippen LogP contribution is 2.25. The summed E-state index contributed by atoms with van der Waals surface area (Å²) >= 11 is 3.07. The van der Waals surface area contributed by atoms with Crippen LogP contribution in [0.1, 0.15) is 5.82 Å².